The molecule has 0 aliphatic carbocycles. The first-order valence-electron chi connectivity index (χ1n) is 7.42. The molecule has 4 rings (SSSR count). The Hall–Kier alpha value is -2.16. The largest absolute Gasteiger partial charge is 0.286 e. The van der Waals surface area contributed by atoms with Crippen LogP contribution in [0.15, 0.2) is 71.7 Å². The maximum atomic E-state index is 6.66. The van der Waals surface area contributed by atoms with Gasteiger partial charge in [-0.15, -0.1) is 11.3 Å². The molecule has 4 aromatic rings. The highest BCUT2D eigenvalue weighted by molar-refractivity contribution is 7.21. The van der Waals surface area contributed by atoms with Gasteiger partial charge >= 0.3 is 0 Å². The Morgan fingerprint density at radius 1 is 0.870 bits per heavy atom. The molecule has 112 valence electrons. The summed E-state index contributed by atoms with van der Waals surface area (Å²) < 4.78 is 1.19. The number of fused-ring (bicyclic) bond motifs is 2. The van der Waals surface area contributed by atoms with Gasteiger partial charge in [-0.2, -0.15) is 0 Å². The normalized spacial score (nSPS) is 12.2. The Morgan fingerprint density at radius 3 is 2.35 bits per heavy atom. The summed E-state index contributed by atoms with van der Waals surface area (Å²) in [6, 6.07) is 22.9. The number of benzene rings is 3. The zero-order valence-corrected chi connectivity index (χ0v) is 14.2. The van der Waals surface area contributed by atoms with Gasteiger partial charge in [-0.1, -0.05) is 72.3 Å². The van der Waals surface area contributed by atoms with E-state index < -0.39 is 0 Å². The van der Waals surface area contributed by atoms with Crippen molar-refractivity contribution in [1.82, 2.24) is 0 Å². The SMILES string of the molecule is CN=C(c1sc2ccccc2c1Cl)c1cccc2ccccc12. The van der Waals surface area contributed by atoms with Gasteiger partial charge in [-0.05, 0) is 16.8 Å². The van der Waals surface area contributed by atoms with E-state index in [0.717, 1.165) is 26.6 Å². The van der Waals surface area contributed by atoms with Gasteiger partial charge in [-0.3, -0.25) is 4.99 Å². The standard InChI is InChI=1S/C20H14ClNS/c1-22-19(15-11-6-8-13-7-2-3-9-14(13)15)20-18(21)16-10-4-5-12-17(16)23-20/h2-12H,1H3. The van der Waals surface area contributed by atoms with Crippen molar-refractivity contribution in [2.45, 2.75) is 0 Å². The molecule has 3 heteroatoms. The van der Waals surface area contributed by atoms with Crippen LogP contribution in [0.1, 0.15) is 10.4 Å². The summed E-state index contributed by atoms with van der Waals surface area (Å²) in [4.78, 5) is 5.61. The van der Waals surface area contributed by atoms with Crippen molar-refractivity contribution in [3.05, 3.63) is 82.2 Å². The van der Waals surface area contributed by atoms with E-state index >= 15 is 0 Å². The van der Waals surface area contributed by atoms with Gasteiger partial charge in [0.1, 0.15) is 0 Å². The van der Waals surface area contributed by atoms with Crippen LogP contribution in [0.4, 0.5) is 0 Å². The highest BCUT2D eigenvalue weighted by atomic mass is 35.5. The number of nitrogens with zero attached hydrogens (tertiary/aromatic N) is 1. The number of hydrogen-bond donors (Lipinski definition) is 0. The molecule has 0 radical (unpaired) electrons. The molecule has 0 atom stereocenters. The lowest BCUT2D eigenvalue weighted by molar-refractivity contribution is 1.44. The molecule has 0 saturated carbocycles. The molecule has 0 saturated heterocycles. The van der Waals surface area contributed by atoms with Crippen LogP contribution in [-0.4, -0.2) is 12.8 Å². The summed E-state index contributed by atoms with van der Waals surface area (Å²) in [6.45, 7) is 0. The second-order valence-electron chi connectivity index (χ2n) is 5.34. The molecule has 23 heavy (non-hydrogen) atoms. The van der Waals surface area contributed by atoms with Crippen LogP contribution in [-0.2, 0) is 0 Å². The molecule has 0 spiro atoms. The van der Waals surface area contributed by atoms with Crippen molar-refractivity contribution in [2.24, 2.45) is 4.99 Å². The number of hydrogen-bond acceptors (Lipinski definition) is 2. The fourth-order valence-corrected chi connectivity index (χ4v) is 4.51. The first kappa shape index (κ1) is 14.4. The van der Waals surface area contributed by atoms with Crippen molar-refractivity contribution < 1.29 is 0 Å². The third-order valence-corrected chi connectivity index (χ3v) is 5.70. The number of aliphatic imine (C=N–C) groups is 1. The predicted octanol–water partition coefficient (Wildman–Crippen LogP) is 6.18. The van der Waals surface area contributed by atoms with Gasteiger partial charge in [0, 0.05) is 22.7 Å². The average molecular weight is 336 g/mol. The topological polar surface area (TPSA) is 12.4 Å². The summed E-state index contributed by atoms with van der Waals surface area (Å²) in [5.74, 6) is 0. The molecule has 0 unspecified atom stereocenters. The molecule has 0 N–H and O–H groups in total. The third-order valence-electron chi connectivity index (χ3n) is 4.02. The van der Waals surface area contributed by atoms with E-state index in [-0.39, 0.29) is 0 Å². The Balaban J connectivity index is 1.99. The maximum Gasteiger partial charge on any atom is 0.0837 e. The van der Waals surface area contributed by atoms with Gasteiger partial charge in [0.25, 0.3) is 0 Å². The summed E-state index contributed by atoms with van der Waals surface area (Å²) in [5.41, 5.74) is 2.08. The summed E-state index contributed by atoms with van der Waals surface area (Å²) >= 11 is 8.36. The minimum absolute atomic E-state index is 0.791. The summed E-state index contributed by atoms with van der Waals surface area (Å²) in [5, 5.41) is 4.29. The fraction of sp³-hybridized carbons (Fsp3) is 0.0500. The molecule has 0 bridgehead atoms. The quantitative estimate of drug-likeness (QED) is 0.388. The highest BCUT2D eigenvalue weighted by Crippen LogP contribution is 2.37. The van der Waals surface area contributed by atoms with E-state index in [1.165, 1.54) is 15.5 Å². The third kappa shape index (κ3) is 2.35. The van der Waals surface area contributed by atoms with Crippen LogP contribution in [0.5, 0.6) is 0 Å². The second-order valence-corrected chi connectivity index (χ2v) is 6.77. The fourth-order valence-electron chi connectivity index (χ4n) is 2.94. The number of halogens is 1. The molecule has 0 aliphatic rings. The molecule has 1 aromatic heterocycles. The van der Waals surface area contributed by atoms with E-state index in [2.05, 4.69) is 59.6 Å². The molecular formula is C20H14ClNS. The molecule has 1 nitrogen and oxygen atoms in total. The smallest absolute Gasteiger partial charge is 0.0837 e. The zero-order valence-electron chi connectivity index (χ0n) is 12.6. The molecule has 3 aromatic carbocycles. The Labute approximate surface area is 143 Å². The average Bonchev–Trinajstić information content (AvgIpc) is 2.93. The van der Waals surface area contributed by atoms with E-state index in [1.54, 1.807) is 11.3 Å². The van der Waals surface area contributed by atoms with Crippen LogP contribution < -0.4 is 0 Å². The van der Waals surface area contributed by atoms with E-state index in [1.807, 2.05) is 19.2 Å². The number of rotatable bonds is 2. The lowest BCUT2D eigenvalue weighted by atomic mass is 10.00. The van der Waals surface area contributed by atoms with Gasteiger partial charge in [0.2, 0.25) is 0 Å². The monoisotopic (exact) mass is 335 g/mol. The number of thiophene rings is 1. The van der Waals surface area contributed by atoms with Crippen molar-refractivity contribution in [3.8, 4) is 0 Å². The van der Waals surface area contributed by atoms with Gasteiger partial charge < -0.3 is 0 Å². The minimum Gasteiger partial charge on any atom is -0.286 e. The van der Waals surface area contributed by atoms with E-state index in [4.69, 9.17) is 11.6 Å². The highest BCUT2D eigenvalue weighted by Gasteiger charge is 2.17. The van der Waals surface area contributed by atoms with Crippen LogP contribution >= 0.6 is 22.9 Å². The van der Waals surface area contributed by atoms with Crippen LogP contribution in [0.25, 0.3) is 20.9 Å². The molecule has 0 aliphatic heterocycles. The molecule has 1 heterocycles. The first-order chi connectivity index (χ1) is 11.3. The Kier molecular flexibility index (Phi) is 3.64. The van der Waals surface area contributed by atoms with Crippen LogP contribution in [0.3, 0.4) is 0 Å². The van der Waals surface area contributed by atoms with Crippen molar-refractivity contribution in [1.29, 1.82) is 0 Å². The van der Waals surface area contributed by atoms with Crippen LogP contribution in [0, 0.1) is 0 Å². The zero-order chi connectivity index (χ0) is 15.8. The molecule has 0 amide bonds. The summed E-state index contributed by atoms with van der Waals surface area (Å²) in [7, 11) is 1.83. The first-order valence-corrected chi connectivity index (χ1v) is 8.61. The minimum atomic E-state index is 0.791. The van der Waals surface area contributed by atoms with Gasteiger partial charge in [0.15, 0.2) is 0 Å². The van der Waals surface area contributed by atoms with Crippen LogP contribution in [0.2, 0.25) is 5.02 Å². The van der Waals surface area contributed by atoms with E-state index in [0.29, 0.717) is 0 Å². The van der Waals surface area contributed by atoms with Gasteiger partial charge in [0.05, 0.1) is 15.6 Å². The molecular weight excluding hydrogens is 322 g/mol. The van der Waals surface area contributed by atoms with Crippen molar-refractivity contribution in [3.63, 3.8) is 0 Å². The van der Waals surface area contributed by atoms with Crippen molar-refractivity contribution in [2.75, 3.05) is 7.05 Å². The predicted molar refractivity (Wildman–Crippen MR) is 102 cm³/mol. The lowest BCUT2D eigenvalue weighted by Crippen LogP contribution is -2.02. The van der Waals surface area contributed by atoms with E-state index in [9.17, 15) is 0 Å². The second kappa shape index (κ2) is 5.80. The lowest BCUT2D eigenvalue weighted by Gasteiger charge is -2.09. The maximum absolute atomic E-state index is 6.66. The Bertz CT molecular complexity index is 1040. The van der Waals surface area contributed by atoms with Gasteiger partial charge in [-0.25, -0.2) is 0 Å². The Morgan fingerprint density at radius 2 is 1.57 bits per heavy atom. The van der Waals surface area contributed by atoms with Crippen molar-refractivity contribution >= 4 is 49.5 Å². The molecule has 0 fully saturated rings. The summed E-state index contributed by atoms with van der Waals surface area (Å²) in [6.07, 6.45) is 0.